The summed E-state index contributed by atoms with van der Waals surface area (Å²) in [6.45, 7) is 6.94. The van der Waals surface area contributed by atoms with E-state index in [1.165, 1.54) is 24.5 Å². The lowest BCUT2D eigenvalue weighted by Crippen LogP contribution is -2.37. The van der Waals surface area contributed by atoms with Crippen LogP contribution >= 0.6 is 11.6 Å². The van der Waals surface area contributed by atoms with Crippen LogP contribution in [0.25, 0.3) is 17.1 Å². The van der Waals surface area contributed by atoms with Gasteiger partial charge in [-0.25, -0.2) is 14.0 Å². The van der Waals surface area contributed by atoms with Crippen molar-refractivity contribution in [3.8, 4) is 17.1 Å². The van der Waals surface area contributed by atoms with Crippen molar-refractivity contribution in [2.75, 3.05) is 13.1 Å². The maximum Gasteiger partial charge on any atom is 0.416 e. The summed E-state index contributed by atoms with van der Waals surface area (Å²) in [6, 6.07) is 5.72. The molecular weight excluding hydrogens is 459 g/mol. The van der Waals surface area contributed by atoms with Gasteiger partial charge in [-0.2, -0.15) is 13.2 Å². The molecule has 2 N–H and O–H groups in total. The second-order valence-corrected chi connectivity index (χ2v) is 9.28. The molecule has 33 heavy (non-hydrogen) atoms. The summed E-state index contributed by atoms with van der Waals surface area (Å²) in [5.74, 6) is 0.127. The van der Waals surface area contributed by atoms with E-state index in [2.05, 4.69) is 15.4 Å². The number of aliphatic hydroxyl groups is 1. The normalized spacial score (nSPS) is 13.3. The number of hydrogen-bond donors (Lipinski definition) is 2. The molecule has 7 nitrogen and oxygen atoms in total. The number of nitrogens with one attached hydrogen (secondary N) is 1. The number of aliphatic hydroxyl groups excluding tert-OH is 1. The Morgan fingerprint density at radius 1 is 1.15 bits per heavy atom. The molecule has 0 fully saturated rings. The van der Waals surface area contributed by atoms with Crippen molar-refractivity contribution in [1.82, 2.24) is 24.6 Å². The maximum absolute atomic E-state index is 13.2. The van der Waals surface area contributed by atoms with Crippen LogP contribution in [0.1, 0.15) is 26.3 Å². The number of nitrogens with zero attached hydrogens (tertiary/aromatic N) is 4. The van der Waals surface area contributed by atoms with Gasteiger partial charge in [0.05, 0.1) is 28.9 Å². The van der Waals surface area contributed by atoms with Gasteiger partial charge in [-0.3, -0.25) is 4.98 Å². The topological polar surface area (TPSA) is 85.0 Å². The van der Waals surface area contributed by atoms with Crippen LogP contribution in [0.2, 0.25) is 5.02 Å². The Bertz CT molecular complexity index is 1150. The van der Waals surface area contributed by atoms with Crippen molar-refractivity contribution in [3.05, 3.63) is 63.8 Å². The zero-order valence-corrected chi connectivity index (χ0v) is 19.2. The van der Waals surface area contributed by atoms with E-state index in [4.69, 9.17) is 11.6 Å². The first-order valence-corrected chi connectivity index (χ1v) is 10.6. The highest BCUT2D eigenvalue weighted by atomic mass is 35.5. The Balaban J connectivity index is 1.99. The van der Waals surface area contributed by atoms with Crippen LogP contribution in [0.5, 0.6) is 0 Å². The molecule has 1 atom stereocenters. The highest BCUT2D eigenvalue weighted by molar-refractivity contribution is 6.33. The SMILES string of the molecule is CC(C)(C)CNCC(O)Cn1nc(-c2ccncc2Cl)n(-c2ccc(C(F)(F)F)cc2)c1=O. The molecule has 0 saturated carbocycles. The van der Waals surface area contributed by atoms with Gasteiger partial charge in [-0.05, 0) is 35.7 Å². The number of rotatable bonds is 7. The van der Waals surface area contributed by atoms with E-state index in [1.807, 2.05) is 20.8 Å². The highest BCUT2D eigenvalue weighted by Crippen LogP contribution is 2.31. The molecule has 3 aromatic rings. The Labute approximate surface area is 193 Å². The van der Waals surface area contributed by atoms with Crippen LogP contribution in [0.4, 0.5) is 13.2 Å². The van der Waals surface area contributed by atoms with Crippen molar-refractivity contribution < 1.29 is 18.3 Å². The molecule has 0 bridgehead atoms. The minimum Gasteiger partial charge on any atom is -0.390 e. The third kappa shape index (κ3) is 6.21. The number of aromatic nitrogens is 4. The summed E-state index contributed by atoms with van der Waals surface area (Å²) in [7, 11) is 0. The van der Waals surface area contributed by atoms with Gasteiger partial charge < -0.3 is 10.4 Å². The van der Waals surface area contributed by atoms with Crippen molar-refractivity contribution in [3.63, 3.8) is 0 Å². The van der Waals surface area contributed by atoms with Crippen LogP contribution in [-0.2, 0) is 12.7 Å². The van der Waals surface area contributed by atoms with Gasteiger partial charge in [0.25, 0.3) is 0 Å². The van der Waals surface area contributed by atoms with E-state index < -0.39 is 23.5 Å². The lowest BCUT2D eigenvalue weighted by atomic mass is 9.97. The quantitative estimate of drug-likeness (QED) is 0.534. The Hall–Kier alpha value is -2.69. The lowest BCUT2D eigenvalue weighted by Gasteiger charge is -2.20. The number of pyridine rings is 1. The Morgan fingerprint density at radius 3 is 2.39 bits per heavy atom. The second kappa shape index (κ2) is 9.66. The molecule has 3 rings (SSSR count). The minimum atomic E-state index is -4.50. The summed E-state index contributed by atoms with van der Waals surface area (Å²) < 4.78 is 41.2. The molecule has 0 spiro atoms. The van der Waals surface area contributed by atoms with Gasteiger partial charge in [0.1, 0.15) is 0 Å². The zero-order valence-electron chi connectivity index (χ0n) is 18.4. The van der Waals surface area contributed by atoms with Gasteiger partial charge in [-0.15, -0.1) is 5.10 Å². The zero-order chi connectivity index (χ0) is 24.4. The molecule has 2 heterocycles. The third-order valence-electron chi connectivity index (χ3n) is 4.72. The number of benzene rings is 1. The highest BCUT2D eigenvalue weighted by Gasteiger charge is 2.30. The van der Waals surface area contributed by atoms with Crippen LogP contribution in [0.15, 0.2) is 47.5 Å². The maximum atomic E-state index is 13.2. The van der Waals surface area contributed by atoms with E-state index >= 15 is 0 Å². The van der Waals surface area contributed by atoms with E-state index in [0.717, 1.165) is 21.4 Å². The van der Waals surface area contributed by atoms with E-state index in [0.29, 0.717) is 12.1 Å². The van der Waals surface area contributed by atoms with Gasteiger partial charge in [0.15, 0.2) is 5.82 Å². The fraction of sp³-hybridized carbons (Fsp3) is 0.409. The summed E-state index contributed by atoms with van der Waals surface area (Å²) >= 11 is 6.25. The lowest BCUT2D eigenvalue weighted by molar-refractivity contribution is -0.137. The molecule has 0 amide bonds. The van der Waals surface area contributed by atoms with Crippen LogP contribution < -0.4 is 11.0 Å². The average Bonchev–Trinajstić information content (AvgIpc) is 3.02. The van der Waals surface area contributed by atoms with Crippen molar-refractivity contribution >= 4 is 11.6 Å². The van der Waals surface area contributed by atoms with Crippen LogP contribution in [0, 0.1) is 5.41 Å². The number of hydrogen-bond acceptors (Lipinski definition) is 5. The second-order valence-electron chi connectivity index (χ2n) is 8.87. The number of alkyl halides is 3. The molecule has 1 aromatic carbocycles. The first-order valence-electron chi connectivity index (χ1n) is 10.2. The van der Waals surface area contributed by atoms with E-state index in [-0.39, 0.29) is 35.0 Å². The van der Waals surface area contributed by atoms with Crippen LogP contribution in [-0.4, -0.2) is 43.6 Å². The molecule has 1 unspecified atom stereocenters. The standard InChI is InChI=1S/C22H25ClF3N5O2/c1-21(2,3)13-28-10-16(32)12-30-20(33)31(15-6-4-14(5-7-15)22(24,25)26)19(29-30)17-8-9-27-11-18(17)23/h4-9,11,16,28,32H,10,12-13H2,1-3H3. The van der Waals surface area contributed by atoms with Gasteiger partial charge in [-0.1, -0.05) is 32.4 Å². The van der Waals surface area contributed by atoms with Crippen LogP contribution in [0.3, 0.4) is 0 Å². The smallest absolute Gasteiger partial charge is 0.390 e. The molecule has 178 valence electrons. The minimum absolute atomic E-state index is 0.0198. The molecule has 11 heteroatoms. The molecule has 2 aromatic heterocycles. The van der Waals surface area contributed by atoms with Gasteiger partial charge in [0.2, 0.25) is 0 Å². The largest absolute Gasteiger partial charge is 0.416 e. The predicted octanol–water partition coefficient (Wildman–Crippen LogP) is 3.76. The van der Waals surface area contributed by atoms with Crippen molar-refractivity contribution in [2.45, 2.75) is 39.6 Å². The van der Waals surface area contributed by atoms with Crippen molar-refractivity contribution in [2.24, 2.45) is 5.41 Å². The number of halogens is 4. The predicted molar refractivity (Wildman–Crippen MR) is 119 cm³/mol. The molecule has 0 saturated heterocycles. The van der Waals surface area contributed by atoms with E-state index in [1.54, 1.807) is 6.07 Å². The first-order chi connectivity index (χ1) is 15.4. The monoisotopic (exact) mass is 483 g/mol. The fourth-order valence-corrected chi connectivity index (χ4v) is 3.37. The Morgan fingerprint density at radius 2 is 1.82 bits per heavy atom. The molecule has 0 aliphatic heterocycles. The summed E-state index contributed by atoms with van der Waals surface area (Å²) in [6.07, 6.45) is -2.58. The molecule has 0 aliphatic rings. The molecule has 0 aliphatic carbocycles. The third-order valence-corrected chi connectivity index (χ3v) is 5.03. The average molecular weight is 484 g/mol. The molecule has 0 radical (unpaired) electrons. The molecular formula is C22H25ClF3N5O2. The van der Waals surface area contributed by atoms with E-state index in [9.17, 15) is 23.1 Å². The fourth-order valence-electron chi connectivity index (χ4n) is 3.17. The Kier molecular flexibility index (Phi) is 7.30. The van der Waals surface area contributed by atoms with Crippen molar-refractivity contribution in [1.29, 1.82) is 0 Å². The summed E-state index contributed by atoms with van der Waals surface area (Å²) in [5, 5.41) is 18.1. The first kappa shape index (κ1) is 24.9. The van der Waals surface area contributed by atoms with Gasteiger partial charge in [0, 0.05) is 31.0 Å². The summed E-state index contributed by atoms with van der Waals surface area (Å²) in [5.41, 5.74) is -0.875. The van der Waals surface area contributed by atoms with Gasteiger partial charge >= 0.3 is 11.9 Å². The summed E-state index contributed by atoms with van der Waals surface area (Å²) in [4.78, 5) is 17.1.